The van der Waals surface area contributed by atoms with E-state index >= 15 is 0 Å². The highest BCUT2D eigenvalue weighted by Gasteiger charge is 2.34. The lowest BCUT2D eigenvalue weighted by atomic mass is 9.82. The molecule has 0 aliphatic heterocycles. The van der Waals surface area contributed by atoms with E-state index in [-0.39, 0.29) is 17.1 Å². The molecule has 0 heterocycles. The Labute approximate surface area is 185 Å². The number of hydrogen-bond acceptors (Lipinski definition) is 6. The number of carbonyl (C=O) groups excluding carboxylic acids is 3. The van der Waals surface area contributed by atoms with Crippen molar-refractivity contribution in [2.45, 2.75) is 13.2 Å². The Kier molecular flexibility index (Phi) is 5.60. The minimum atomic E-state index is -0.744. The maximum Gasteiger partial charge on any atom is 0.340 e. The third kappa shape index (κ3) is 3.67. The van der Waals surface area contributed by atoms with Crippen molar-refractivity contribution in [3.63, 3.8) is 0 Å². The Balaban J connectivity index is 1.63. The zero-order valence-corrected chi connectivity index (χ0v) is 17.8. The Bertz CT molecular complexity index is 1250. The maximum absolute atomic E-state index is 13.3. The van der Waals surface area contributed by atoms with Crippen LogP contribution >= 0.6 is 0 Å². The molecular weight excluding hydrogens is 404 g/mol. The smallest absolute Gasteiger partial charge is 0.340 e. The largest absolute Gasteiger partial charge is 0.438 e. The topological polar surface area (TPSA) is 84.5 Å². The summed E-state index contributed by atoms with van der Waals surface area (Å²) in [5, 5.41) is 6.05. The molecule has 0 bridgehead atoms. The van der Waals surface area contributed by atoms with E-state index in [9.17, 15) is 14.4 Å². The predicted molar refractivity (Wildman–Crippen MR) is 124 cm³/mol. The number of rotatable bonds is 6. The lowest BCUT2D eigenvalue weighted by Gasteiger charge is -2.25. The van der Waals surface area contributed by atoms with E-state index in [0.717, 1.165) is 5.56 Å². The average Bonchev–Trinajstić information content (AvgIpc) is 2.82. The number of benzene rings is 3. The lowest BCUT2D eigenvalue weighted by molar-refractivity contribution is 0.0393. The Morgan fingerprint density at radius 1 is 0.906 bits per heavy atom. The molecule has 1 unspecified atom stereocenters. The molecule has 0 saturated heterocycles. The fourth-order valence-corrected chi connectivity index (χ4v) is 3.78. The van der Waals surface area contributed by atoms with Gasteiger partial charge in [0.05, 0.1) is 16.7 Å². The number of nitrogens with one attached hydrogen (secondary N) is 2. The number of anilines is 2. The number of fused-ring (bicyclic) bond motifs is 2. The molecule has 0 saturated carbocycles. The van der Waals surface area contributed by atoms with Crippen LogP contribution in [-0.4, -0.2) is 30.8 Å². The minimum absolute atomic E-state index is 0.227. The molecule has 6 heteroatoms. The second-order valence-electron chi connectivity index (χ2n) is 7.38. The van der Waals surface area contributed by atoms with E-state index in [4.69, 9.17) is 4.74 Å². The molecule has 1 atom stereocenters. The molecule has 6 nitrogen and oxygen atoms in total. The summed E-state index contributed by atoms with van der Waals surface area (Å²) in [6.45, 7) is 5.36. The van der Waals surface area contributed by atoms with Crippen LogP contribution in [0.4, 0.5) is 11.4 Å². The van der Waals surface area contributed by atoms with Gasteiger partial charge in [-0.05, 0) is 36.8 Å². The van der Waals surface area contributed by atoms with Crippen molar-refractivity contribution >= 4 is 35.0 Å². The fraction of sp³-hybridized carbons (Fsp3) is 0.115. The molecule has 4 rings (SSSR count). The van der Waals surface area contributed by atoms with Crippen LogP contribution in [0.15, 0.2) is 67.2 Å². The van der Waals surface area contributed by atoms with Gasteiger partial charge < -0.3 is 15.4 Å². The molecule has 0 amide bonds. The lowest BCUT2D eigenvalue weighted by Crippen LogP contribution is -2.28. The van der Waals surface area contributed by atoms with Crippen molar-refractivity contribution in [1.82, 2.24) is 0 Å². The molecule has 32 heavy (non-hydrogen) atoms. The van der Waals surface area contributed by atoms with Gasteiger partial charge in [0.25, 0.3) is 0 Å². The van der Waals surface area contributed by atoms with Crippen molar-refractivity contribution in [2.24, 2.45) is 0 Å². The highest BCUT2D eigenvalue weighted by atomic mass is 16.6. The summed E-state index contributed by atoms with van der Waals surface area (Å²) in [6, 6.07) is 17.1. The third-order valence-electron chi connectivity index (χ3n) is 5.37. The Morgan fingerprint density at radius 3 is 2.03 bits per heavy atom. The van der Waals surface area contributed by atoms with Crippen molar-refractivity contribution < 1.29 is 19.1 Å². The predicted octanol–water partition coefficient (Wildman–Crippen LogP) is 4.76. The molecular formula is C26H22N2O4. The molecule has 3 aromatic rings. The van der Waals surface area contributed by atoms with Gasteiger partial charge in [-0.2, -0.15) is 0 Å². The number of esters is 1. The highest BCUT2D eigenvalue weighted by Crippen LogP contribution is 2.36. The second kappa shape index (κ2) is 8.51. The van der Waals surface area contributed by atoms with Crippen molar-refractivity contribution in [3.8, 4) is 0 Å². The molecule has 0 aromatic heterocycles. The van der Waals surface area contributed by atoms with Crippen LogP contribution in [0.25, 0.3) is 6.08 Å². The number of hydrogen-bond donors (Lipinski definition) is 2. The summed E-state index contributed by atoms with van der Waals surface area (Å²) in [6.07, 6.45) is 0.944. The normalized spacial score (nSPS) is 12.9. The van der Waals surface area contributed by atoms with Gasteiger partial charge in [0.2, 0.25) is 0 Å². The summed E-state index contributed by atoms with van der Waals surface area (Å²) >= 11 is 0. The van der Waals surface area contributed by atoms with Gasteiger partial charge in [-0.3, -0.25) is 9.59 Å². The standard InChI is InChI=1S/C26H22N2O4/c1-4-16-9-11-17(12-10-16)26(31)32-15(2)28-21-14-13-20(27-3)22-23(21)25(30)19-8-6-5-7-18(19)24(22)29/h4-15,27-28H,1H2,2-3H3. The molecule has 1 aliphatic rings. The van der Waals surface area contributed by atoms with E-state index in [1.165, 1.54) is 0 Å². The van der Waals surface area contributed by atoms with E-state index in [2.05, 4.69) is 17.2 Å². The minimum Gasteiger partial charge on any atom is -0.438 e. The van der Waals surface area contributed by atoms with E-state index < -0.39 is 12.2 Å². The van der Waals surface area contributed by atoms with Crippen LogP contribution in [0, 0.1) is 0 Å². The zero-order chi connectivity index (χ0) is 22.8. The summed E-state index contributed by atoms with van der Waals surface area (Å²) in [7, 11) is 1.70. The SMILES string of the molecule is C=Cc1ccc(C(=O)OC(C)Nc2ccc(NC)c3c2C(=O)c2ccccc2C3=O)cc1. The molecule has 2 N–H and O–H groups in total. The first-order chi connectivity index (χ1) is 15.4. The van der Waals surface area contributed by atoms with Crippen molar-refractivity contribution in [3.05, 3.63) is 101 Å². The molecule has 0 fully saturated rings. The monoisotopic (exact) mass is 426 g/mol. The summed E-state index contributed by atoms with van der Waals surface area (Å²) in [4.78, 5) is 39.0. The van der Waals surface area contributed by atoms with Crippen molar-refractivity contribution in [1.29, 1.82) is 0 Å². The van der Waals surface area contributed by atoms with E-state index in [1.807, 2.05) is 0 Å². The first-order valence-corrected chi connectivity index (χ1v) is 10.2. The van der Waals surface area contributed by atoms with Gasteiger partial charge in [0.1, 0.15) is 0 Å². The number of ketones is 2. The maximum atomic E-state index is 13.3. The van der Waals surface area contributed by atoms with Gasteiger partial charge in [0.15, 0.2) is 17.8 Å². The van der Waals surface area contributed by atoms with Gasteiger partial charge in [0, 0.05) is 29.5 Å². The van der Waals surface area contributed by atoms with Crippen LogP contribution < -0.4 is 10.6 Å². The van der Waals surface area contributed by atoms with Crippen LogP contribution in [0.3, 0.4) is 0 Å². The number of carbonyl (C=O) groups is 3. The summed E-state index contributed by atoms with van der Waals surface area (Å²) in [5.41, 5.74) is 3.58. The first-order valence-electron chi connectivity index (χ1n) is 10.2. The van der Waals surface area contributed by atoms with Gasteiger partial charge in [-0.1, -0.05) is 49.1 Å². The second-order valence-corrected chi connectivity index (χ2v) is 7.38. The van der Waals surface area contributed by atoms with Crippen molar-refractivity contribution in [2.75, 3.05) is 17.7 Å². The average molecular weight is 426 g/mol. The summed E-state index contributed by atoms with van der Waals surface area (Å²) in [5.74, 6) is -0.988. The summed E-state index contributed by atoms with van der Waals surface area (Å²) < 4.78 is 5.51. The van der Waals surface area contributed by atoms with Crippen LogP contribution in [0.1, 0.15) is 54.7 Å². The van der Waals surface area contributed by atoms with E-state index in [0.29, 0.717) is 33.6 Å². The van der Waals surface area contributed by atoms with Gasteiger partial charge in [-0.25, -0.2) is 4.79 Å². The van der Waals surface area contributed by atoms with E-state index in [1.54, 1.807) is 80.7 Å². The van der Waals surface area contributed by atoms with Crippen LogP contribution in [0.2, 0.25) is 0 Å². The van der Waals surface area contributed by atoms with Crippen LogP contribution in [-0.2, 0) is 4.74 Å². The molecule has 1 aliphatic carbocycles. The van der Waals surface area contributed by atoms with Gasteiger partial charge >= 0.3 is 5.97 Å². The van der Waals surface area contributed by atoms with Crippen LogP contribution in [0.5, 0.6) is 0 Å². The molecule has 0 spiro atoms. The molecule has 160 valence electrons. The first kappa shape index (κ1) is 21.1. The molecule has 0 radical (unpaired) electrons. The third-order valence-corrected chi connectivity index (χ3v) is 5.37. The zero-order valence-electron chi connectivity index (χ0n) is 17.8. The molecule has 3 aromatic carbocycles. The Hall–Kier alpha value is -4.19. The Morgan fingerprint density at radius 2 is 1.47 bits per heavy atom. The highest BCUT2D eigenvalue weighted by molar-refractivity contribution is 6.31. The quantitative estimate of drug-likeness (QED) is 0.342. The fourth-order valence-electron chi connectivity index (χ4n) is 3.78. The van der Waals surface area contributed by atoms with Gasteiger partial charge in [-0.15, -0.1) is 0 Å². The number of ether oxygens (including phenoxy) is 1.